The molecule has 204 valence electrons. The molecular weight excluding hydrogens is 544 g/mol. The highest BCUT2D eigenvalue weighted by atomic mass is 32.2. The highest BCUT2D eigenvalue weighted by molar-refractivity contribution is 7.98. The minimum absolute atomic E-state index is 0.0321. The van der Waals surface area contributed by atoms with E-state index >= 15 is 0 Å². The number of nitrogens with zero attached hydrogens (tertiary/aromatic N) is 6. The highest BCUT2D eigenvalue weighted by Gasteiger charge is 2.26. The molecule has 0 bridgehead atoms. The van der Waals surface area contributed by atoms with E-state index in [9.17, 15) is 4.79 Å². The third kappa shape index (κ3) is 5.22. The van der Waals surface area contributed by atoms with E-state index in [1.165, 1.54) is 23.1 Å². The first-order chi connectivity index (χ1) is 19.6. The summed E-state index contributed by atoms with van der Waals surface area (Å²) in [5.41, 5.74) is 3.63. The summed E-state index contributed by atoms with van der Waals surface area (Å²) in [5, 5.41) is 12.3. The Bertz CT molecular complexity index is 1610. The van der Waals surface area contributed by atoms with Crippen molar-refractivity contribution in [2.45, 2.75) is 17.8 Å². The van der Waals surface area contributed by atoms with E-state index in [-0.39, 0.29) is 5.91 Å². The van der Waals surface area contributed by atoms with Gasteiger partial charge in [0.15, 0.2) is 10.9 Å². The van der Waals surface area contributed by atoms with Crippen LogP contribution in [0.3, 0.4) is 0 Å². The van der Waals surface area contributed by atoms with Crippen molar-refractivity contribution in [3.8, 4) is 23.0 Å². The Morgan fingerprint density at radius 3 is 2.52 bits per heavy atom. The van der Waals surface area contributed by atoms with Crippen molar-refractivity contribution in [1.82, 2.24) is 24.6 Å². The summed E-state index contributed by atoms with van der Waals surface area (Å²) in [6, 6.07) is 19.8. The number of aryl methyl sites for hydroxylation is 1. The number of thiazole rings is 1. The Labute approximate surface area is 240 Å². The zero-order valence-corrected chi connectivity index (χ0v) is 23.8. The van der Waals surface area contributed by atoms with Gasteiger partial charge in [-0.05, 0) is 42.8 Å². The van der Waals surface area contributed by atoms with Gasteiger partial charge in [0.1, 0.15) is 16.5 Å². The minimum atomic E-state index is -0.0321. The standard InChI is InChI=1S/C29H28N6O3S2/c1-20-8-3-4-9-22(20)35-27(25-12-7-17-38-25)31-32-29(35)40-19-26-30-21(18-39-26)28(36)34-15-13-33(14-16-34)23-10-5-6-11-24(23)37-2/h3-12,17-18H,13-16,19H2,1-2H3. The summed E-state index contributed by atoms with van der Waals surface area (Å²) in [5.74, 6) is 2.68. The van der Waals surface area contributed by atoms with Crippen molar-refractivity contribution in [3.05, 3.63) is 88.6 Å². The number of para-hydroxylation sites is 3. The monoisotopic (exact) mass is 572 g/mol. The molecule has 0 aliphatic carbocycles. The number of methoxy groups -OCH3 is 1. The molecule has 1 amide bonds. The van der Waals surface area contributed by atoms with Gasteiger partial charge in [0.2, 0.25) is 5.82 Å². The largest absolute Gasteiger partial charge is 0.495 e. The van der Waals surface area contributed by atoms with Crippen molar-refractivity contribution < 1.29 is 13.9 Å². The number of anilines is 1. The van der Waals surface area contributed by atoms with E-state index in [1.807, 2.05) is 63.4 Å². The van der Waals surface area contributed by atoms with Gasteiger partial charge in [-0.3, -0.25) is 9.36 Å². The van der Waals surface area contributed by atoms with Gasteiger partial charge in [0.25, 0.3) is 5.91 Å². The van der Waals surface area contributed by atoms with E-state index in [2.05, 4.69) is 39.1 Å². The summed E-state index contributed by atoms with van der Waals surface area (Å²) < 4.78 is 13.2. The summed E-state index contributed by atoms with van der Waals surface area (Å²) in [4.78, 5) is 22.1. The van der Waals surface area contributed by atoms with Crippen LogP contribution in [0.4, 0.5) is 5.69 Å². The Morgan fingerprint density at radius 1 is 1.00 bits per heavy atom. The zero-order valence-electron chi connectivity index (χ0n) is 22.2. The Morgan fingerprint density at radius 2 is 1.77 bits per heavy atom. The van der Waals surface area contributed by atoms with E-state index in [0.717, 1.165) is 45.9 Å². The third-order valence-electron chi connectivity index (χ3n) is 6.82. The van der Waals surface area contributed by atoms with E-state index in [4.69, 9.17) is 9.15 Å². The number of furan rings is 1. The van der Waals surface area contributed by atoms with E-state index in [1.54, 1.807) is 13.4 Å². The number of ether oxygens (including phenoxy) is 1. The lowest BCUT2D eigenvalue weighted by Crippen LogP contribution is -2.49. The summed E-state index contributed by atoms with van der Waals surface area (Å²) in [6.07, 6.45) is 1.63. The molecule has 0 saturated carbocycles. The molecule has 1 saturated heterocycles. The second-order valence-corrected chi connectivity index (χ2v) is 11.2. The van der Waals surface area contributed by atoms with Crippen molar-refractivity contribution >= 4 is 34.7 Å². The van der Waals surface area contributed by atoms with Crippen LogP contribution in [0, 0.1) is 6.92 Å². The number of hydrogen-bond donors (Lipinski definition) is 0. The number of aromatic nitrogens is 4. The van der Waals surface area contributed by atoms with Crippen LogP contribution in [0.15, 0.2) is 81.9 Å². The smallest absolute Gasteiger partial charge is 0.273 e. The van der Waals surface area contributed by atoms with Crippen LogP contribution in [0.5, 0.6) is 5.75 Å². The molecule has 1 fully saturated rings. The molecule has 4 heterocycles. The minimum Gasteiger partial charge on any atom is -0.495 e. The Kier molecular flexibility index (Phi) is 7.56. The maximum Gasteiger partial charge on any atom is 0.273 e. The number of amides is 1. The molecule has 0 radical (unpaired) electrons. The van der Waals surface area contributed by atoms with Crippen LogP contribution >= 0.6 is 23.1 Å². The van der Waals surface area contributed by atoms with Crippen LogP contribution in [0.2, 0.25) is 0 Å². The van der Waals surface area contributed by atoms with E-state index in [0.29, 0.717) is 36.1 Å². The fraction of sp³-hybridized carbons (Fsp3) is 0.241. The van der Waals surface area contributed by atoms with Crippen LogP contribution in [-0.4, -0.2) is 63.8 Å². The first-order valence-electron chi connectivity index (χ1n) is 12.9. The third-order valence-corrected chi connectivity index (χ3v) is 8.79. The van der Waals surface area contributed by atoms with Crippen LogP contribution < -0.4 is 9.64 Å². The molecule has 0 spiro atoms. The fourth-order valence-corrected chi connectivity index (χ4v) is 6.50. The molecule has 9 nitrogen and oxygen atoms in total. The predicted octanol–water partition coefficient (Wildman–Crippen LogP) is 5.56. The normalized spacial score (nSPS) is 13.6. The average molecular weight is 573 g/mol. The number of thioether (sulfide) groups is 1. The first-order valence-corrected chi connectivity index (χ1v) is 14.8. The molecule has 3 aromatic heterocycles. The van der Waals surface area contributed by atoms with Gasteiger partial charge < -0.3 is 19.0 Å². The van der Waals surface area contributed by atoms with Crippen molar-refractivity contribution in [3.63, 3.8) is 0 Å². The fourth-order valence-electron chi connectivity index (χ4n) is 4.77. The zero-order chi connectivity index (χ0) is 27.5. The summed E-state index contributed by atoms with van der Waals surface area (Å²) >= 11 is 3.03. The molecular formula is C29H28N6O3S2. The number of carbonyl (C=O) groups excluding carboxylic acids is 1. The molecule has 6 rings (SSSR count). The molecule has 1 aliphatic rings. The van der Waals surface area contributed by atoms with Gasteiger partial charge in [-0.2, -0.15) is 0 Å². The SMILES string of the molecule is COc1ccccc1N1CCN(C(=O)c2csc(CSc3nnc(-c4ccco4)n3-c3ccccc3C)n2)CC1. The lowest BCUT2D eigenvalue weighted by Gasteiger charge is -2.36. The van der Waals surface area contributed by atoms with Gasteiger partial charge in [-0.15, -0.1) is 21.5 Å². The van der Waals surface area contributed by atoms with E-state index < -0.39 is 0 Å². The lowest BCUT2D eigenvalue weighted by atomic mass is 10.2. The molecule has 1 aliphatic heterocycles. The van der Waals surface area contributed by atoms with Crippen LogP contribution in [0.25, 0.3) is 17.3 Å². The van der Waals surface area contributed by atoms with Gasteiger partial charge in [0, 0.05) is 31.6 Å². The second kappa shape index (κ2) is 11.6. The highest BCUT2D eigenvalue weighted by Crippen LogP contribution is 2.32. The second-order valence-electron chi connectivity index (χ2n) is 9.27. The molecule has 0 atom stereocenters. The number of benzene rings is 2. The topological polar surface area (TPSA) is 89.5 Å². The average Bonchev–Trinajstić information content (AvgIpc) is 3.77. The van der Waals surface area contributed by atoms with Crippen molar-refractivity contribution in [1.29, 1.82) is 0 Å². The number of rotatable bonds is 8. The first kappa shape index (κ1) is 26.1. The van der Waals surface area contributed by atoms with Gasteiger partial charge in [0.05, 0.1) is 30.5 Å². The molecule has 11 heteroatoms. The summed E-state index contributed by atoms with van der Waals surface area (Å²) in [6.45, 7) is 4.81. The van der Waals surface area contributed by atoms with Crippen molar-refractivity contribution in [2.75, 3.05) is 38.2 Å². The quantitative estimate of drug-likeness (QED) is 0.224. The Hall–Kier alpha value is -4.09. The predicted molar refractivity (Wildman–Crippen MR) is 157 cm³/mol. The number of carbonyl (C=O) groups is 1. The molecule has 5 aromatic rings. The van der Waals surface area contributed by atoms with Crippen LogP contribution in [0.1, 0.15) is 21.1 Å². The number of hydrogen-bond acceptors (Lipinski definition) is 9. The Balaban J connectivity index is 1.13. The molecule has 40 heavy (non-hydrogen) atoms. The van der Waals surface area contributed by atoms with Crippen LogP contribution in [-0.2, 0) is 5.75 Å². The maximum atomic E-state index is 13.2. The van der Waals surface area contributed by atoms with Gasteiger partial charge in [-0.25, -0.2) is 4.98 Å². The number of piperazine rings is 1. The maximum absolute atomic E-state index is 13.2. The lowest BCUT2D eigenvalue weighted by molar-refractivity contribution is 0.0741. The molecule has 0 N–H and O–H groups in total. The van der Waals surface area contributed by atoms with Gasteiger partial charge >= 0.3 is 0 Å². The molecule has 2 aromatic carbocycles. The van der Waals surface area contributed by atoms with Gasteiger partial charge in [-0.1, -0.05) is 42.1 Å². The molecule has 0 unspecified atom stereocenters. The van der Waals surface area contributed by atoms with Crippen molar-refractivity contribution in [2.24, 2.45) is 0 Å². The summed E-state index contributed by atoms with van der Waals surface area (Å²) in [7, 11) is 1.68.